The summed E-state index contributed by atoms with van der Waals surface area (Å²) in [7, 11) is -3.33. The van der Waals surface area contributed by atoms with E-state index in [0.717, 1.165) is 11.1 Å². The fraction of sp³-hybridized carbons (Fsp3) is 0.417. The molecule has 3 N–H and O–H groups in total. The number of rotatable bonds is 8. The lowest BCUT2D eigenvalue weighted by Crippen LogP contribution is -2.30. The van der Waals surface area contributed by atoms with Crippen LogP contribution < -0.4 is 5.32 Å². The molecule has 0 aromatic heterocycles. The molecule has 9 heteroatoms. The first kappa shape index (κ1) is 24.7. The van der Waals surface area contributed by atoms with Gasteiger partial charge in [0.05, 0.1) is 29.3 Å². The third kappa shape index (κ3) is 5.20. The van der Waals surface area contributed by atoms with Gasteiger partial charge in [-0.1, -0.05) is 39.0 Å². The summed E-state index contributed by atoms with van der Waals surface area (Å²) in [6, 6.07) is 10.7. The molecule has 1 heterocycles. The number of hydrogen-bond acceptors (Lipinski definition) is 5. The first-order valence-electron chi connectivity index (χ1n) is 11.0. The zero-order valence-corrected chi connectivity index (χ0v) is 19.8. The van der Waals surface area contributed by atoms with Crippen molar-refractivity contribution in [3.63, 3.8) is 0 Å². The summed E-state index contributed by atoms with van der Waals surface area (Å²) in [6.07, 6.45) is -0.730. The van der Waals surface area contributed by atoms with Gasteiger partial charge < -0.3 is 15.5 Å². The van der Waals surface area contributed by atoms with Crippen LogP contribution in [-0.2, 0) is 16.4 Å². The summed E-state index contributed by atoms with van der Waals surface area (Å²) < 4.78 is 24.1. The highest BCUT2D eigenvalue weighted by Crippen LogP contribution is 2.39. The highest BCUT2D eigenvalue weighted by molar-refractivity contribution is 7.91. The first-order chi connectivity index (χ1) is 15.6. The van der Waals surface area contributed by atoms with Crippen molar-refractivity contribution in [2.75, 3.05) is 12.4 Å². The van der Waals surface area contributed by atoms with E-state index in [9.17, 15) is 28.2 Å². The molecule has 0 radical (unpaired) electrons. The van der Waals surface area contributed by atoms with E-state index < -0.39 is 22.0 Å². The number of aliphatic hydroxyl groups excluding tert-OH is 1. The van der Waals surface area contributed by atoms with E-state index in [-0.39, 0.29) is 48.1 Å². The highest BCUT2D eigenvalue weighted by atomic mass is 32.2. The Balaban J connectivity index is 1.82. The van der Waals surface area contributed by atoms with E-state index in [2.05, 4.69) is 5.32 Å². The SMILES string of the molecule is CCS(=O)(=O)c1ccc([C@H](CCO)NC(=O)c2ccc3c(c2)CN(C(=O)O)[C@H]3C(C)C)cc1. The van der Waals surface area contributed by atoms with Crippen LogP contribution in [0, 0.1) is 5.92 Å². The molecule has 0 unspecified atom stereocenters. The van der Waals surface area contributed by atoms with Crippen LogP contribution in [0.25, 0.3) is 0 Å². The molecule has 0 fully saturated rings. The Morgan fingerprint density at radius 2 is 1.82 bits per heavy atom. The summed E-state index contributed by atoms with van der Waals surface area (Å²) in [4.78, 5) is 26.3. The minimum atomic E-state index is -3.33. The smallest absolute Gasteiger partial charge is 0.408 e. The molecule has 8 nitrogen and oxygen atoms in total. The maximum Gasteiger partial charge on any atom is 0.408 e. The number of nitrogens with zero attached hydrogens (tertiary/aromatic N) is 1. The van der Waals surface area contributed by atoms with Crippen LogP contribution >= 0.6 is 0 Å². The maximum atomic E-state index is 13.0. The van der Waals surface area contributed by atoms with Crippen molar-refractivity contribution < 1.29 is 28.2 Å². The quantitative estimate of drug-likeness (QED) is 0.538. The van der Waals surface area contributed by atoms with Gasteiger partial charge in [0.15, 0.2) is 9.84 Å². The number of carbonyl (C=O) groups is 2. The second kappa shape index (κ2) is 9.93. The molecule has 3 rings (SSSR count). The van der Waals surface area contributed by atoms with E-state index in [4.69, 9.17) is 0 Å². The summed E-state index contributed by atoms with van der Waals surface area (Å²) in [5, 5.41) is 21.9. The van der Waals surface area contributed by atoms with Crippen molar-refractivity contribution >= 4 is 21.8 Å². The Labute approximate surface area is 194 Å². The van der Waals surface area contributed by atoms with Crippen molar-refractivity contribution in [3.05, 3.63) is 64.7 Å². The Hall–Kier alpha value is -2.91. The van der Waals surface area contributed by atoms with Crippen molar-refractivity contribution in [2.24, 2.45) is 5.92 Å². The second-order valence-corrected chi connectivity index (χ2v) is 10.8. The van der Waals surface area contributed by atoms with Crippen LogP contribution in [0.1, 0.15) is 66.3 Å². The predicted octanol–water partition coefficient (Wildman–Crippen LogP) is 3.52. The van der Waals surface area contributed by atoms with Crippen LogP contribution in [0.4, 0.5) is 4.79 Å². The number of fused-ring (bicyclic) bond motifs is 1. The van der Waals surface area contributed by atoms with Crippen molar-refractivity contribution in [3.8, 4) is 0 Å². The minimum Gasteiger partial charge on any atom is -0.465 e. The van der Waals surface area contributed by atoms with Crippen LogP contribution in [0.5, 0.6) is 0 Å². The molecule has 2 atom stereocenters. The summed E-state index contributed by atoms with van der Waals surface area (Å²) in [5.74, 6) is -0.259. The number of aliphatic hydroxyl groups is 1. The standard InChI is InChI=1S/C24H30N2O6S/c1-4-33(31,32)19-8-5-16(6-9-19)21(11-12-27)25-23(28)17-7-10-20-18(13-17)14-26(24(29)30)22(20)15(2)3/h5-10,13,15,21-22,27H,4,11-12,14H2,1-3H3,(H,25,28)(H,29,30)/t21-,22-/m0/s1. The van der Waals surface area contributed by atoms with Gasteiger partial charge in [-0.15, -0.1) is 0 Å². The van der Waals surface area contributed by atoms with E-state index in [1.54, 1.807) is 31.2 Å². The van der Waals surface area contributed by atoms with Crippen molar-refractivity contribution in [2.45, 2.75) is 50.7 Å². The number of carboxylic acid groups (broad SMARTS) is 1. The molecule has 178 valence electrons. The maximum absolute atomic E-state index is 13.0. The topological polar surface area (TPSA) is 124 Å². The van der Waals surface area contributed by atoms with Gasteiger partial charge in [-0.3, -0.25) is 9.69 Å². The second-order valence-electron chi connectivity index (χ2n) is 8.52. The van der Waals surface area contributed by atoms with Crippen LogP contribution in [0.3, 0.4) is 0 Å². The first-order valence-corrected chi connectivity index (χ1v) is 12.6. The molecule has 0 saturated carbocycles. The largest absolute Gasteiger partial charge is 0.465 e. The van der Waals surface area contributed by atoms with E-state index >= 15 is 0 Å². The van der Waals surface area contributed by atoms with Crippen molar-refractivity contribution in [1.29, 1.82) is 0 Å². The van der Waals surface area contributed by atoms with Crippen LogP contribution in [-0.4, -0.2) is 47.9 Å². The number of nitrogens with one attached hydrogen (secondary N) is 1. The lowest BCUT2D eigenvalue weighted by atomic mass is 9.94. The molecule has 2 aromatic rings. The molecular formula is C24H30N2O6S. The van der Waals surface area contributed by atoms with Gasteiger partial charge in [-0.2, -0.15) is 0 Å². The lowest BCUT2D eigenvalue weighted by Gasteiger charge is -2.25. The van der Waals surface area contributed by atoms with Crippen LogP contribution in [0.2, 0.25) is 0 Å². The zero-order valence-electron chi connectivity index (χ0n) is 19.0. The van der Waals surface area contributed by atoms with Gasteiger partial charge >= 0.3 is 6.09 Å². The number of benzene rings is 2. The Bertz CT molecular complexity index is 1130. The molecule has 33 heavy (non-hydrogen) atoms. The molecule has 2 amide bonds. The van der Waals surface area contributed by atoms with E-state index in [1.165, 1.54) is 17.0 Å². The van der Waals surface area contributed by atoms with Gasteiger partial charge in [0.1, 0.15) is 0 Å². The Morgan fingerprint density at radius 1 is 1.15 bits per heavy atom. The molecule has 0 aliphatic carbocycles. The number of amides is 2. The molecule has 1 aliphatic rings. The summed E-state index contributed by atoms with van der Waals surface area (Å²) in [6.45, 7) is 5.57. The van der Waals surface area contributed by atoms with E-state index in [0.29, 0.717) is 11.1 Å². The van der Waals surface area contributed by atoms with Gasteiger partial charge in [-0.25, -0.2) is 13.2 Å². The molecule has 1 aliphatic heterocycles. The third-order valence-corrected chi connectivity index (χ3v) is 7.77. The molecule has 0 bridgehead atoms. The highest BCUT2D eigenvalue weighted by Gasteiger charge is 2.35. The van der Waals surface area contributed by atoms with Crippen molar-refractivity contribution in [1.82, 2.24) is 10.2 Å². The van der Waals surface area contributed by atoms with Gasteiger partial charge in [-0.05, 0) is 53.3 Å². The zero-order chi connectivity index (χ0) is 24.3. The number of sulfone groups is 1. The molecule has 0 saturated heterocycles. The number of carbonyl (C=O) groups excluding carboxylic acids is 1. The third-order valence-electron chi connectivity index (χ3n) is 6.02. The fourth-order valence-electron chi connectivity index (χ4n) is 4.29. The minimum absolute atomic E-state index is 0.00153. The summed E-state index contributed by atoms with van der Waals surface area (Å²) in [5.41, 5.74) is 2.79. The average molecular weight is 475 g/mol. The van der Waals surface area contributed by atoms with E-state index in [1.807, 2.05) is 19.9 Å². The molecular weight excluding hydrogens is 444 g/mol. The normalized spacial score (nSPS) is 16.5. The van der Waals surface area contributed by atoms with Gasteiger partial charge in [0, 0.05) is 12.2 Å². The predicted molar refractivity (Wildman–Crippen MR) is 124 cm³/mol. The average Bonchev–Trinajstić information content (AvgIpc) is 3.18. The fourth-order valence-corrected chi connectivity index (χ4v) is 5.18. The molecule has 0 spiro atoms. The Kier molecular flexibility index (Phi) is 7.44. The number of hydrogen-bond donors (Lipinski definition) is 3. The lowest BCUT2D eigenvalue weighted by molar-refractivity contribution is 0.0929. The Morgan fingerprint density at radius 3 is 2.36 bits per heavy atom. The summed E-state index contributed by atoms with van der Waals surface area (Å²) >= 11 is 0. The van der Waals surface area contributed by atoms with Gasteiger partial charge in [0.2, 0.25) is 0 Å². The molecule has 2 aromatic carbocycles. The van der Waals surface area contributed by atoms with Crippen LogP contribution in [0.15, 0.2) is 47.4 Å². The van der Waals surface area contributed by atoms with Gasteiger partial charge in [0.25, 0.3) is 5.91 Å². The monoisotopic (exact) mass is 474 g/mol.